The Morgan fingerprint density at radius 2 is 1.89 bits per heavy atom. The fourth-order valence-electron chi connectivity index (χ4n) is 1.44. The van der Waals surface area contributed by atoms with Crippen molar-refractivity contribution in [2.75, 3.05) is 7.11 Å². The van der Waals surface area contributed by atoms with Crippen molar-refractivity contribution < 1.29 is 9.16 Å². The number of hydrogen-bond donors (Lipinski definition) is 0. The van der Waals surface area contributed by atoms with Crippen LogP contribution in [0.5, 0.6) is 5.75 Å². The summed E-state index contributed by atoms with van der Waals surface area (Å²) in [6.07, 6.45) is 0. The van der Waals surface area contributed by atoms with Crippen molar-refractivity contribution in [3.63, 3.8) is 0 Å². The van der Waals surface area contributed by atoms with E-state index in [4.69, 9.17) is 14.4 Å². The molecule has 0 fully saturated rings. The molecule has 0 heterocycles. The van der Waals surface area contributed by atoms with Gasteiger partial charge in [-0.2, -0.15) is 5.26 Å². The molecule has 0 aliphatic heterocycles. The molecule has 0 N–H and O–H groups in total. The maximum atomic E-state index is 8.96. The van der Waals surface area contributed by atoms with Crippen LogP contribution in [0.15, 0.2) is 18.2 Å². The first-order valence-corrected chi connectivity index (χ1v) is 9.33. The Kier molecular flexibility index (Phi) is 4.78. The number of nitrogens with zero attached hydrogens (tertiary/aromatic N) is 1. The zero-order chi connectivity index (χ0) is 14.7. The van der Waals surface area contributed by atoms with E-state index in [-0.39, 0.29) is 5.04 Å². The minimum atomic E-state index is -1.79. The Bertz CT molecular complexity index is 484. The normalized spacial score (nSPS) is 12.1. The molecule has 0 radical (unpaired) electrons. The SMILES string of the molecule is COc1ccc(C#N)cc1CO[Si](C)(C)C(C)(C)C. The van der Waals surface area contributed by atoms with Crippen LogP contribution >= 0.6 is 0 Å². The number of methoxy groups -OCH3 is 1. The van der Waals surface area contributed by atoms with Gasteiger partial charge in [0.1, 0.15) is 5.75 Å². The fourth-order valence-corrected chi connectivity index (χ4v) is 2.38. The Labute approximate surface area is 117 Å². The van der Waals surface area contributed by atoms with E-state index in [0.717, 1.165) is 11.3 Å². The number of benzene rings is 1. The van der Waals surface area contributed by atoms with E-state index in [1.165, 1.54) is 0 Å². The zero-order valence-corrected chi connectivity index (χ0v) is 13.7. The van der Waals surface area contributed by atoms with Crippen molar-refractivity contribution in [2.45, 2.75) is 45.5 Å². The molecule has 0 amide bonds. The van der Waals surface area contributed by atoms with E-state index in [1.807, 2.05) is 12.1 Å². The van der Waals surface area contributed by atoms with Crippen LogP contribution < -0.4 is 4.74 Å². The largest absolute Gasteiger partial charge is 0.496 e. The van der Waals surface area contributed by atoms with Gasteiger partial charge in [-0.25, -0.2) is 0 Å². The summed E-state index contributed by atoms with van der Waals surface area (Å²) in [5, 5.41) is 9.13. The Balaban J connectivity index is 2.91. The lowest BCUT2D eigenvalue weighted by Crippen LogP contribution is -2.40. The van der Waals surface area contributed by atoms with Crippen LogP contribution in [0.4, 0.5) is 0 Å². The van der Waals surface area contributed by atoms with E-state index < -0.39 is 8.32 Å². The third-order valence-electron chi connectivity index (χ3n) is 3.80. The Hall–Kier alpha value is -1.31. The summed E-state index contributed by atoms with van der Waals surface area (Å²) >= 11 is 0. The molecule has 0 bridgehead atoms. The van der Waals surface area contributed by atoms with Gasteiger partial charge >= 0.3 is 0 Å². The molecule has 0 aliphatic rings. The lowest BCUT2D eigenvalue weighted by Gasteiger charge is -2.36. The second-order valence-corrected chi connectivity index (χ2v) is 11.0. The highest BCUT2D eigenvalue weighted by atomic mass is 28.4. The average molecular weight is 277 g/mol. The number of rotatable bonds is 4. The Morgan fingerprint density at radius 1 is 1.26 bits per heavy atom. The second-order valence-electron chi connectivity index (χ2n) is 6.19. The third-order valence-corrected chi connectivity index (χ3v) is 8.28. The van der Waals surface area contributed by atoms with E-state index in [1.54, 1.807) is 13.2 Å². The van der Waals surface area contributed by atoms with Crippen LogP contribution in [0.1, 0.15) is 31.9 Å². The van der Waals surface area contributed by atoms with Gasteiger partial charge in [-0.05, 0) is 36.3 Å². The summed E-state index contributed by atoms with van der Waals surface area (Å²) in [7, 11) is -0.153. The standard InChI is InChI=1S/C15H23NO2Si/c1-15(2,3)19(5,6)18-11-13-9-12(10-16)7-8-14(13)17-4/h7-9H,11H2,1-6H3. The molecule has 0 atom stereocenters. The van der Waals surface area contributed by atoms with Crippen molar-refractivity contribution >= 4 is 8.32 Å². The first-order chi connectivity index (χ1) is 8.71. The molecule has 0 aromatic heterocycles. The molecule has 0 saturated carbocycles. The number of ether oxygens (including phenoxy) is 1. The second kappa shape index (κ2) is 5.77. The molecule has 1 aromatic rings. The summed E-state index contributed by atoms with van der Waals surface area (Å²) < 4.78 is 11.5. The minimum Gasteiger partial charge on any atom is -0.496 e. The van der Waals surface area contributed by atoms with Crippen LogP contribution in [0.25, 0.3) is 0 Å². The first-order valence-electron chi connectivity index (χ1n) is 6.42. The maximum absolute atomic E-state index is 8.96. The fraction of sp³-hybridized carbons (Fsp3) is 0.533. The Morgan fingerprint density at radius 3 is 2.37 bits per heavy atom. The highest BCUT2D eigenvalue weighted by Crippen LogP contribution is 2.37. The van der Waals surface area contributed by atoms with Crippen LogP contribution in [-0.4, -0.2) is 15.4 Å². The highest BCUT2D eigenvalue weighted by Gasteiger charge is 2.37. The van der Waals surface area contributed by atoms with E-state index in [0.29, 0.717) is 12.2 Å². The predicted octanol–water partition coefficient (Wildman–Crippen LogP) is 4.09. The van der Waals surface area contributed by atoms with Gasteiger partial charge < -0.3 is 9.16 Å². The van der Waals surface area contributed by atoms with Crippen molar-refractivity contribution in [3.05, 3.63) is 29.3 Å². The number of nitriles is 1. The van der Waals surface area contributed by atoms with Gasteiger partial charge in [-0.1, -0.05) is 20.8 Å². The lowest BCUT2D eigenvalue weighted by atomic mass is 10.1. The molecular weight excluding hydrogens is 254 g/mol. The molecule has 3 nitrogen and oxygen atoms in total. The van der Waals surface area contributed by atoms with Crippen molar-refractivity contribution in [3.8, 4) is 11.8 Å². The van der Waals surface area contributed by atoms with Gasteiger partial charge in [0.05, 0.1) is 25.3 Å². The summed E-state index contributed by atoms with van der Waals surface area (Å²) in [4.78, 5) is 0. The molecule has 104 valence electrons. The van der Waals surface area contributed by atoms with Gasteiger partial charge in [-0.15, -0.1) is 0 Å². The van der Waals surface area contributed by atoms with Gasteiger partial charge in [-0.3, -0.25) is 0 Å². The summed E-state index contributed by atoms with van der Waals surface area (Å²) in [6, 6.07) is 7.57. The van der Waals surface area contributed by atoms with Gasteiger partial charge in [0.2, 0.25) is 0 Å². The lowest BCUT2D eigenvalue weighted by molar-refractivity contribution is 0.269. The summed E-state index contributed by atoms with van der Waals surface area (Å²) in [5.41, 5.74) is 1.57. The minimum absolute atomic E-state index is 0.174. The van der Waals surface area contributed by atoms with Crippen LogP contribution in [0.3, 0.4) is 0 Å². The summed E-state index contributed by atoms with van der Waals surface area (Å²) in [5.74, 6) is 0.776. The molecule has 1 aromatic carbocycles. The number of hydrogen-bond acceptors (Lipinski definition) is 3. The molecule has 0 saturated heterocycles. The summed E-state index contributed by atoms with van der Waals surface area (Å²) in [6.45, 7) is 11.6. The van der Waals surface area contributed by atoms with Crippen molar-refractivity contribution in [1.29, 1.82) is 5.26 Å². The molecular formula is C15H23NO2Si. The van der Waals surface area contributed by atoms with Gasteiger partial charge in [0.15, 0.2) is 8.32 Å². The monoisotopic (exact) mass is 277 g/mol. The first kappa shape index (κ1) is 15.7. The van der Waals surface area contributed by atoms with Crippen LogP contribution in [0.2, 0.25) is 18.1 Å². The van der Waals surface area contributed by atoms with Gasteiger partial charge in [0, 0.05) is 5.56 Å². The third kappa shape index (κ3) is 3.82. The zero-order valence-electron chi connectivity index (χ0n) is 12.7. The molecule has 0 unspecified atom stereocenters. The van der Waals surface area contributed by atoms with E-state index >= 15 is 0 Å². The van der Waals surface area contributed by atoms with Crippen LogP contribution in [-0.2, 0) is 11.0 Å². The maximum Gasteiger partial charge on any atom is 0.192 e. The molecule has 19 heavy (non-hydrogen) atoms. The van der Waals surface area contributed by atoms with Gasteiger partial charge in [0.25, 0.3) is 0 Å². The highest BCUT2D eigenvalue weighted by molar-refractivity contribution is 6.74. The van der Waals surface area contributed by atoms with Crippen molar-refractivity contribution in [1.82, 2.24) is 0 Å². The predicted molar refractivity (Wildman–Crippen MR) is 79.7 cm³/mol. The molecule has 0 aliphatic carbocycles. The average Bonchev–Trinajstić information content (AvgIpc) is 2.34. The van der Waals surface area contributed by atoms with Crippen LogP contribution in [0, 0.1) is 11.3 Å². The van der Waals surface area contributed by atoms with Crippen molar-refractivity contribution in [2.24, 2.45) is 0 Å². The smallest absolute Gasteiger partial charge is 0.192 e. The quantitative estimate of drug-likeness (QED) is 0.778. The topological polar surface area (TPSA) is 42.2 Å². The molecule has 4 heteroatoms. The van der Waals surface area contributed by atoms with E-state index in [9.17, 15) is 0 Å². The van der Waals surface area contributed by atoms with E-state index in [2.05, 4.69) is 39.9 Å². The molecule has 0 spiro atoms. The molecule has 1 rings (SSSR count).